The fourth-order valence-electron chi connectivity index (χ4n) is 2.22. The van der Waals surface area contributed by atoms with E-state index in [-0.39, 0.29) is 17.3 Å². The smallest absolute Gasteiger partial charge is 0.336 e. The lowest BCUT2D eigenvalue weighted by Gasteiger charge is -2.25. The average Bonchev–Trinajstić information content (AvgIpc) is 2.41. The number of nitrogens with one attached hydrogen (secondary N) is 1. The molecule has 7 nitrogen and oxygen atoms in total. The van der Waals surface area contributed by atoms with Crippen molar-refractivity contribution in [2.45, 2.75) is 25.8 Å². The summed E-state index contributed by atoms with van der Waals surface area (Å²) >= 11 is 0. The van der Waals surface area contributed by atoms with Crippen molar-refractivity contribution >= 4 is 17.3 Å². The standard InChI is InChI=1S/C13H16N2O5/c1-8-11(14-10-2-4-20-5-3-10)6-9(13(16)17)7-12(8)15(18)19/h6-7,10,14H,2-5H2,1H3,(H,16,17). The van der Waals surface area contributed by atoms with Crippen LogP contribution in [-0.4, -0.2) is 35.3 Å². The van der Waals surface area contributed by atoms with Crippen LogP contribution in [0.5, 0.6) is 0 Å². The van der Waals surface area contributed by atoms with Crippen LogP contribution >= 0.6 is 0 Å². The fraction of sp³-hybridized carbons (Fsp3) is 0.462. The molecule has 1 heterocycles. The number of anilines is 1. The molecule has 0 bridgehead atoms. The molecule has 1 aliphatic heterocycles. The van der Waals surface area contributed by atoms with Crippen molar-refractivity contribution in [2.24, 2.45) is 0 Å². The molecule has 1 aromatic rings. The molecular weight excluding hydrogens is 264 g/mol. The SMILES string of the molecule is Cc1c(NC2CCOCC2)cc(C(=O)O)cc1[N+](=O)[O-]. The third-order valence-corrected chi connectivity index (χ3v) is 3.40. The van der Waals surface area contributed by atoms with E-state index in [2.05, 4.69) is 5.32 Å². The van der Waals surface area contributed by atoms with Crippen molar-refractivity contribution in [3.05, 3.63) is 33.4 Å². The van der Waals surface area contributed by atoms with Crippen molar-refractivity contribution in [2.75, 3.05) is 18.5 Å². The number of nitro groups is 1. The molecule has 0 spiro atoms. The van der Waals surface area contributed by atoms with E-state index >= 15 is 0 Å². The minimum absolute atomic E-state index is 0.0862. The van der Waals surface area contributed by atoms with Gasteiger partial charge in [-0.05, 0) is 25.8 Å². The van der Waals surface area contributed by atoms with Gasteiger partial charge in [0.05, 0.1) is 10.5 Å². The summed E-state index contributed by atoms with van der Waals surface area (Å²) in [4.78, 5) is 21.5. The number of nitro benzene ring substituents is 1. The molecule has 108 valence electrons. The minimum Gasteiger partial charge on any atom is -0.478 e. The molecule has 1 saturated heterocycles. The Kier molecular flexibility index (Phi) is 4.19. The first kappa shape index (κ1) is 14.3. The van der Waals surface area contributed by atoms with Crippen molar-refractivity contribution in [1.82, 2.24) is 0 Å². The second kappa shape index (κ2) is 5.87. The van der Waals surface area contributed by atoms with Gasteiger partial charge in [-0.15, -0.1) is 0 Å². The summed E-state index contributed by atoms with van der Waals surface area (Å²) < 4.78 is 5.25. The van der Waals surface area contributed by atoms with Gasteiger partial charge < -0.3 is 15.2 Å². The summed E-state index contributed by atoms with van der Waals surface area (Å²) in [5.74, 6) is -1.18. The number of rotatable bonds is 4. The minimum atomic E-state index is -1.18. The summed E-state index contributed by atoms with van der Waals surface area (Å²) in [6.45, 7) is 2.89. The quantitative estimate of drug-likeness (QED) is 0.647. The van der Waals surface area contributed by atoms with Gasteiger partial charge in [-0.25, -0.2) is 4.79 Å². The molecule has 0 saturated carbocycles. The van der Waals surface area contributed by atoms with E-state index in [0.717, 1.165) is 18.9 Å². The number of aromatic carboxylic acids is 1. The van der Waals surface area contributed by atoms with Crippen LogP contribution in [0.1, 0.15) is 28.8 Å². The fourth-order valence-corrected chi connectivity index (χ4v) is 2.22. The summed E-state index contributed by atoms with van der Waals surface area (Å²) in [5.41, 5.74) is 0.686. The van der Waals surface area contributed by atoms with Crippen LogP contribution in [0.15, 0.2) is 12.1 Å². The number of ether oxygens (including phenoxy) is 1. The van der Waals surface area contributed by atoms with Crippen LogP contribution in [0, 0.1) is 17.0 Å². The first-order valence-electron chi connectivity index (χ1n) is 6.35. The zero-order valence-corrected chi connectivity index (χ0v) is 11.1. The molecule has 2 rings (SSSR count). The number of benzene rings is 1. The number of nitrogens with zero attached hydrogens (tertiary/aromatic N) is 1. The van der Waals surface area contributed by atoms with Gasteiger partial charge in [0.2, 0.25) is 0 Å². The predicted molar refractivity (Wildman–Crippen MR) is 72.3 cm³/mol. The van der Waals surface area contributed by atoms with Gasteiger partial charge in [-0.2, -0.15) is 0 Å². The van der Waals surface area contributed by atoms with E-state index in [1.807, 2.05) is 0 Å². The zero-order valence-electron chi connectivity index (χ0n) is 11.1. The lowest BCUT2D eigenvalue weighted by molar-refractivity contribution is -0.385. The summed E-state index contributed by atoms with van der Waals surface area (Å²) in [7, 11) is 0. The first-order valence-corrected chi connectivity index (χ1v) is 6.35. The van der Waals surface area contributed by atoms with Gasteiger partial charge in [-0.3, -0.25) is 10.1 Å². The van der Waals surface area contributed by atoms with Crippen molar-refractivity contribution in [1.29, 1.82) is 0 Å². The second-order valence-electron chi connectivity index (χ2n) is 4.76. The number of hydrogen-bond donors (Lipinski definition) is 2. The van der Waals surface area contributed by atoms with Crippen molar-refractivity contribution in [3.8, 4) is 0 Å². The van der Waals surface area contributed by atoms with Gasteiger partial charge >= 0.3 is 5.97 Å². The zero-order chi connectivity index (χ0) is 14.7. The Morgan fingerprint density at radius 3 is 2.65 bits per heavy atom. The van der Waals surface area contributed by atoms with Crippen molar-refractivity contribution < 1.29 is 19.6 Å². The largest absolute Gasteiger partial charge is 0.478 e. The van der Waals surface area contributed by atoms with Crippen LogP contribution in [0.2, 0.25) is 0 Å². The summed E-state index contributed by atoms with van der Waals surface area (Å²) in [6.07, 6.45) is 1.59. The highest BCUT2D eigenvalue weighted by Gasteiger charge is 2.21. The molecule has 1 aliphatic rings. The van der Waals surface area contributed by atoms with Crippen LogP contribution in [0.25, 0.3) is 0 Å². The molecule has 0 aliphatic carbocycles. The monoisotopic (exact) mass is 280 g/mol. The normalized spacial score (nSPS) is 15.8. The van der Waals surface area contributed by atoms with Gasteiger partial charge in [-0.1, -0.05) is 0 Å². The van der Waals surface area contributed by atoms with Crippen LogP contribution < -0.4 is 5.32 Å². The van der Waals surface area contributed by atoms with E-state index in [4.69, 9.17) is 9.84 Å². The Morgan fingerprint density at radius 2 is 2.10 bits per heavy atom. The highest BCUT2D eigenvalue weighted by Crippen LogP contribution is 2.29. The van der Waals surface area contributed by atoms with E-state index < -0.39 is 10.9 Å². The predicted octanol–water partition coefficient (Wildman–Crippen LogP) is 2.19. The molecule has 0 radical (unpaired) electrons. The molecule has 1 aromatic carbocycles. The highest BCUT2D eigenvalue weighted by molar-refractivity contribution is 5.90. The number of carboxylic acids is 1. The second-order valence-corrected chi connectivity index (χ2v) is 4.76. The third-order valence-electron chi connectivity index (χ3n) is 3.40. The van der Waals surface area contributed by atoms with E-state index in [1.54, 1.807) is 6.92 Å². The Balaban J connectivity index is 2.34. The average molecular weight is 280 g/mol. The van der Waals surface area contributed by atoms with E-state index in [9.17, 15) is 14.9 Å². The molecule has 0 atom stereocenters. The lowest BCUT2D eigenvalue weighted by atomic mass is 10.0. The topological polar surface area (TPSA) is 102 Å². The van der Waals surface area contributed by atoms with Gasteiger partial charge in [0.15, 0.2) is 0 Å². The number of hydrogen-bond acceptors (Lipinski definition) is 5. The molecular formula is C13H16N2O5. The van der Waals surface area contributed by atoms with Gasteiger partial charge in [0.25, 0.3) is 5.69 Å². The summed E-state index contributed by atoms with van der Waals surface area (Å²) in [6, 6.07) is 2.68. The molecule has 7 heteroatoms. The Bertz CT molecular complexity index is 538. The summed E-state index contributed by atoms with van der Waals surface area (Å²) in [5, 5.41) is 23.2. The molecule has 1 fully saturated rings. The van der Waals surface area contributed by atoms with Crippen molar-refractivity contribution in [3.63, 3.8) is 0 Å². The molecule has 0 unspecified atom stereocenters. The van der Waals surface area contributed by atoms with E-state index in [0.29, 0.717) is 24.5 Å². The van der Waals surface area contributed by atoms with Crippen LogP contribution in [-0.2, 0) is 4.74 Å². The first-order chi connectivity index (χ1) is 9.49. The molecule has 0 amide bonds. The Morgan fingerprint density at radius 1 is 1.45 bits per heavy atom. The lowest BCUT2D eigenvalue weighted by Crippen LogP contribution is -2.28. The maximum atomic E-state index is 11.1. The maximum Gasteiger partial charge on any atom is 0.336 e. The third kappa shape index (κ3) is 3.05. The molecule has 20 heavy (non-hydrogen) atoms. The molecule has 0 aromatic heterocycles. The molecule has 2 N–H and O–H groups in total. The van der Waals surface area contributed by atoms with Gasteiger partial charge in [0.1, 0.15) is 0 Å². The Hall–Kier alpha value is -2.15. The number of carbonyl (C=O) groups is 1. The highest BCUT2D eigenvalue weighted by atomic mass is 16.6. The van der Waals surface area contributed by atoms with Gasteiger partial charge in [0, 0.05) is 36.6 Å². The Labute approximate surface area is 115 Å². The van der Waals surface area contributed by atoms with Crippen LogP contribution in [0.4, 0.5) is 11.4 Å². The number of carboxylic acid groups (broad SMARTS) is 1. The van der Waals surface area contributed by atoms with E-state index in [1.165, 1.54) is 6.07 Å². The van der Waals surface area contributed by atoms with Crippen LogP contribution in [0.3, 0.4) is 0 Å². The maximum absolute atomic E-state index is 11.1.